The molecule has 0 unspecified atom stereocenters. The second-order valence-corrected chi connectivity index (χ2v) is 9.51. The van der Waals surface area contributed by atoms with E-state index < -0.39 is 0 Å². The highest BCUT2D eigenvalue weighted by Crippen LogP contribution is 2.49. The number of aliphatic imine (C=N–C) groups is 1. The van der Waals surface area contributed by atoms with Crippen LogP contribution < -0.4 is 0 Å². The Morgan fingerprint density at radius 3 is 1.96 bits per heavy atom. The van der Waals surface area contributed by atoms with E-state index in [0.29, 0.717) is 4.58 Å². The lowest BCUT2D eigenvalue weighted by molar-refractivity contribution is 1.26. The van der Waals surface area contributed by atoms with E-state index in [1.165, 1.54) is 14.7 Å². The highest BCUT2D eigenvalue weighted by atomic mass is 32.2. The summed E-state index contributed by atoms with van der Waals surface area (Å²) in [6.07, 6.45) is 0.957. The number of nitrogens with zero attached hydrogens (tertiary/aromatic N) is 1. The molecule has 0 aromatic heterocycles. The van der Waals surface area contributed by atoms with Crippen molar-refractivity contribution in [2.24, 2.45) is 4.99 Å². The van der Waals surface area contributed by atoms with Gasteiger partial charge in [0.15, 0.2) is 0 Å². The maximum atomic E-state index is 4.93. The molecule has 3 aromatic carbocycles. The molecule has 0 bridgehead atoms. The summed E-state index contributed by atoms with van der Waals surface area (Å²) in [6.45, 7) is 0. The zero-order valence-corrected chi connectivity index (χ0v) is 16.0. The largest absolute Gasteiger partial charge is 0.246 e. The minimum absolute atomic E-state index is 0.482. The lowest BCUT2D eigenvalue weighted by atomic mass is 10.3. The summed E-state index contributed by atoms with van der Waals surface area (Å²) in [4.78, 5) is 8.95. The average molecular weight is 380 g/mol. The van der Waals surface area contributed by atoms with Crippen LogP contribution in [0.1, 0.15) is 6.42 Å². The van der Waals surface area contributed by atoms with E-state index in [2.05, 4.69) is 66.7 Å². The topological polar surface area (TPSA) is 12.4 Å². The Balaban J connectivity index is 1.55. The van der Waals surface area contributed by atoms with Gasteiger partial charge in [0.05, 0.1) is 15.3 Å². The van der Waals surface area contributed by atoms with Gasteiger partial charge in [-0.05, 0) is 36.4 Å². The van der Waals surface area contributed by atoms with Crippen LogP contribution in [0, 0.1) is 0 Å². The maximum Gasteiger partial charge on any atom is 0.0806 e. The standard InChI is InChI=1S/C21H17NS3/c1-3-9-16(10-4-1)22-20(23-17-11-5-2-6-12-17)15-21-24-18-13-7-8-14-19(18)25-21/h1-14,21H,15H2. The van der Waals surface area contributed by atoms with Gasteiger partial charge in [0.2, 0.25) is 0 Å². The van der Waals surface area contributed by atoms with Crippen molar-refractivity contribution < 1.29 is 0 Å². The lowest BCUT2D eigenvalue weighted by Gasteiger charge is -2.11. The molecule has 4 rings (SSSR count). The van der Waals surface area contributed by atoms with Crippen LogP contribution in [0.2, 0.25) is 0 Å². The summed E-state index contributed by atoms with van der Waals surface area (Å²) < 4.78 is 0.482. The summed E-state index contributed by atoms with van der Waals surface area (Å²) in [7, 11) is 0. The fourth-order valence-corrected chi connectivity index (χ4v) is 6.57. The van der Waals surface area contributed by atoms with Gasteiger partial charge in [-0.15, -0.1) is 23.5 Å². The van der Waals surface area contributed by atoms with E-state index in [1.54, 1.807) is 11.8 Å². The Kier molecular flexibility index (Phi) is 5.50. The highest BCUT2D eigenvalue weighted by molar-refractivity contribution is 8.20. The first-order valence-electron chi connectivity index (χ1n) is 8.15. The van der Waals surface area contributed by atoms with Gasteiger partial charge in [0.25, 0.3) is 0 Å². The first-order chi connectivity index (χ1) is 12.4. The van der Waals surface area contributed by atoms with E-state index in [-0.39, 0.29) is 0 Å². The monoisotopic (exact) mass is 379 g/mol. The fourth-order valence-electron chi connectivity index (χ4n) is 2.56. The first kappa shape index (κ1) is 16.8. The number of benzene rings is 3. The first-order valence-corrected chi connectivity index (χ1v) is 10.7. The SMILES string of the molecule is c1ccc(N=C(CC2Sc3ccccc3S2)Sc2ccccc2)cc1. The Labute approximate surface area is 161 Å². The van der Waals surface area contributed by atoms with Gasteiger partial charge in [0, 0.05) is 21.1 Å². The second kappa shape index (κ2) is 8.17. The van der Waals surface area contributed by atoms with Crippen LogP contribution in [0.4, 0.5) is 5.69 Å². The summed E-state index contributed by atoms with van der Waals surface area (Å²) >= 11 is 5.68. The molecule has 1 nitrogen and oxygen atoms in total. The Morgan fingerprint density at radius 2 is 1.32 bits per heavy atom. The van der Waals surface area contributed by atoms with Crippen LogP contribution in [0.25, 0.3) is 0 Å². The van der Waals surface area contributed by atoms with E-state index in [0.717, 1.165) is 17.2 Å². The molecule has 124 valence electrons. The number of rotatable bonds is 4. The van der Waals surface area contributed by atoms with Crippen molar-refractivity contribution in [3.63, 3.8) is 0 Å². The maximum absolute atomic E-state index is 4.93. The third-order valence-electron chi connectivity index (χ3n) is 3.70. The number of thioether (sulfide) groups is 3. The van der Waals surface area contributed by atoms with Gasteiger partial charge in [-0.3, -0.25) is 0 Å². The molecule has 0 aliphatic carbocycles. The zero-order valence-electron chi connectivity index (χ0n) is 13.5. The van der Waals surface area contributed by atoms with Gasteiger partial charge >= 0.3 is 0 Å². The quantitative estimate of drug-likeness (QED) is 0.272. The molecule has 0 spiro atoms. The summed E-state index contributed by atoms with van der Waals surface area (Å²) in [6, 6.07) is 29.4. The molecule has 0 saturated carbocycles. The average Bonchev–Trinajstić information content (AvgIpc) is 3.05. The predicted molar refractivity (Wildman–Crippen MR) is 112 cm³/mol. The van der Waals surface area contributed by atoms with Crippen molar-refractivity contribution in [2.45, 2.75) is 25.7 Å². The van der Waals surface area contributed by atoms with Crippen molar-refractivity contribution in [3.8, 4) is 0 Å². The molecule has 4 heteroatoms. The van der Waals surface area contributed by atoms with E-state index in [9.17, 15) is 0 Å². The molecule has 3 aromatic rings. The molecule has 0 saturated heterocycles. The van der Waals surface area contributed by atoms with Gasteiger partial charge in [-0.25, -0.2) is 4.99 Å². The van der Waals surface area contributed by atoms with Crippen LogP contribution in [0.15, 0.2) is 105 Å². The van der Waals surface area contributed by atoms with Gasteiger partial charge < -0.3 is 0 Å². The third kappa shape index (κ3) is 4.51. The lowest BCUT2D eigenvalue weighted by Crippen LogP contribution is -2.01. The van der Waals surface area contributed by atoms with Crippen LogP contribution in [-0.2, 0) is 0 Å². The van der Waals surface area contributed by atoms with Gasteiger partial charge in [0.1, 0.15) is 0 Å². The summed E-state index contributed by atoms with van der Waals surface area (Å²) in [5, 5.41) is 1.16. The summed E-state index contributed by atoms with van der Waals surface area (Å²) in [5.41, 5.74) is 1.02. The molecular formula is C21H17NS3. The van der Waals surface area contributed by atoms with Crippen LogP contribution >= 0.6 is 35.3 Å². The van der Waals surface area contributed by atoms with Crippen molar-refractivity contribution in [1.29, 1.82) is 0 Å². The van der Waals surface area contributed by atoms with Gasteiger partial charge in [-0.2, -0.15) is 0 Å². The van der Waals surface area contributed by atoms with Gasteiger partial charge in [-0.1, -0.05) is 60.3 Å². The predicted octanol–water partition coefficient (Wildman–Crippen LogP) is 7.12. The molecule has 0 amide bonds. The zero-order chi connectivity index (χ0) is 16.9. The number of fused-ring (bicyclic) bond motifs is 1. The minimum atomic E-state index is 0.482. The Hall–Kier alpha value is -1.62. The molecule has 0 radical (unpaired) electrons. The highest BCUT2D eigenvalue weighted by Gasteiger charge is 2.24. The minimum Gasteiger partial charge on any atom is -0.246 e. The van der Waals surface area contributed by atoms with E-state index >= 15 is 0 Å². The normalized spacial score (nSPS) is 14.5. The molecule has 1 aliphatic rings. The molecule has 1 aliphatic heterocycles. The number of para-hydroxylation sites is 1. The Bertz CT molecular complexity index is 838. The molecule has 0 N–H and O–H groups in total. The van der Waals surface area contributed by atoms with Crippen molar-refractivity contribution in [3.05, 3.63) is 84.9 Å². The molecular weight excluding hydrogens is 362 g/mol. The van der Waals surface area contributed by atoms with Crippen LogP contribution in [-0.4, -0.2) is 9.63 Å². The third-order valence-corrected chi connectivity index (χ3v) is 7.48. The molecule has 0 fully saturated rings. The van der Waals surface area contributed by atoms with E-state index in [1.807, 2.05) is 41.7 Å². The van der Waals surface area contributed by atoms with E-state index in [4.69, 9.17) is 4.99 Å². The van der Waals surface area contributed by atoms with Crippen molar-refractivity contribution >= 4 is 46.0 Å². The Morgan fingerprint density at radius 1 is 0.760 bits per heavy atom. The molecule has 0 atom stereocenters. The molecule has 1 heterocycles. The fraction of sp³-hybridized carbons (Fsp3) is 0.0952. The number of hydrogen-bond donors (Lipinski definition) is 0. The second-order valence-electron chi connectivity index (χ2n) is 5.57. The van der Waals surface area contributed by atoms with Crippen LogP contribution in [0.5, 0.6) is 0 Å². The van der Waals surface area contributed by atoms with Crippen molar-refractivity contribution in [2.75, 3.05) is 0 Å². The smallest absolute Gasteiger partial charge is 0.0806 e. The van der Waals surface area contributed by atoms with Crippen LogP contribution in [0.3, 0.4) is 0 Å². The van der Waals surface area contributed by atoms with Crippen molar-refractivity contribution in [1.82, 2.24) is 0 Å². The molecule has 25 heavy (non-hydrogen) atoms. The summed E-state index contributed by atoms with van der Waals surface area (Å²) in [5.74, 6) is 0. The number of hydrogen-bond acceptors (Lipinski definition) is 4.